The minimum absolute atomic E-state index is 0.000348. The minimum Gasteiger partial charge on any atom is -0.328 e. The molecule has 8 heteroatoms. The van der Waals surface area contributed by atoms with Crippen molar-refractivity contribution in [3.8, 4) is 0 Å². The summed E-state index contributed by atoms with van der Waals surface area (Å²) < 4.78 is 28.6. The van der Waals surface area contributed by atoms with Gasteiger partial charge in [0.05, 0.1) is 7.57 Å². The largest absolute Gasteiger partial charge is 0.328 e. The summed E-state index contributed by atoms with van der Waals surface area (Å²) in [4.78, 5) is 0.300. The second-order valence-corrected chi connectivity index (χ2v) is 9.85. The lowest BCUT2D eigenvalue weighted by Gasteiger charge is -2.26. The van der Waals surface area contributed by atoms with Crippen LogP contribution in [0.1, 0.15) is 25.7 Å². The average molecular weight is 418 g/mol. The topological polar surface area (TPSA) is 72.2 Å². The summed E-state index contributed by atoms with van der Waals surface area (Å²) in [5.74, 6) is 0. The molecule has 0 aliphatic heterocycles. The number of rotatable bonds is 3. The lowest BCUT2D eigenvalue weighted by molar-refractivity contribution is 0.373. The number of nitrogens with two attached hydrogens (primary N) is 1. The highest BCUT2D eigenvalue weighted by Crippen LogP contribution is 2.35. The lowest BCUT2D eigenvalue weighted by Crippen LogP contribution is -2.40. The van der Waals surface area contributed by atoms with Gasteiger partial charge in [-0.3, -0.25) is 0 Å². The molecule has 0 aromatic carbocycles. The zero-order valence-corrected chi connectivity index (χ0v) is 14.3. The number of hydrogen-bond donors (Lipinski definition) is 2. The van der Waals surface area contributed by atoms with Crippen molar-refractivity contribution >= 4 is 53.2 Å². The van der Waals surface area contributed by atoms with E-state index in [1.54, 1.807) is 6.07 Å². The first-order valence-corrected chi connectivity index (χ1v) is 9.50. The van der Waals surface area contributed by atoms with Crippen molar-refractivity contribution in [3.05, 3.63) is 13.6 Å². The third-order valence-corrected chi connectivity index (χ3v) is 7.28. The summed E-state index contributed by atoms with van der Waals surface area (Å²) in [6.45, 7) is 0. The number of halogens is 2. The molecule has 2 rings (SSSR count). The van der Waals surface area contributed by atoms with Gasteiger partial charge < -0.3 is 5.73 Å². The van der Waals surface area contributed by atoms with Crippen LogP contribution in [0.4, 0.5) is 0 Å². The molecule has 1 aliphatic rings. The molecule has 1 aromatic rings. The molecular formula is C10H14Br2N2O2S2. The molecular weight excluding hydrogens is 404 g/mol. The molecule has 0 amide bonds. The highest BCUT2D eigenvalue weighted by atomic mass is 79.9. The standard InChI is InChI=1S/C10H14Br2N2O2S2/c11-9-5-8(10(12)17-9)18(15,16)14-7-3-1-6(13)2-4-7/h5-7,14H,1-4,13H2. The summed E-state index contributed by atoms with van der Waals surface area (Å²) in [5, 5.41) is 0. The van der Waals surface area contributed by atoms with Crippen LogP contribution in [0.5, 0.6) is 0 Å². The van der Waals surface area contributed by atoms with Crippen molar-refractivity contribution in [2.24, 2.45) is 5.73 Å². The second-order valence-electron chi connectivity index (χ2n) is 4.42. The van der Waals surface area contributed by atoms with Crippen LogP contribution < -0.4 is 10.5 Å². The monoisotopic (exact) mass is 416 g/mol. The Bertz CT molecular complexity index is 522. The van der Waals surface area contributed by atoms with Crippen LogP contribution in [0.3, 0.4) is 0 Å². The average Bonchev–Trinajstić information content (AvgIpc) is 2.62. The smallest absolute Gasteiger partial charge is 0.242 e. The Balaban J connectivity index is 2.10. The molecule has 0 bridgehead atoms. The SMILES string of the molecule is NC1CCC(NS(=O)(=O)c2cc(Br)sc2Br)CC1. The normalized spacial score (nSPS) is 25.3. The van der Waals surface area contributed by atoms with Gasteiger partial charge in [0, 0.05) is 12.1 Å². The van der Waals surface area contributed by atoms with Gasteiger partial charge in [-0.25, -0.2) is 13.1 Å². The van der Waals surface area contributed by atoms with E-state index in [0.29, 0.717) is 8.68 Å². The van der Waals surface area contributed by atoms with E-state index in [1.165, 1.54) is 11.3 Å². The molecule has 1 saturated carbocycles. The Kier molecular flexibility index (Phi) is 4.88. The van der Waals surface area contributed by atoms with Gasteiger partial charge in [0.1, 0.15) is 4.90 Å². The van der Waals surface area contributed by atoms with Gasteiger partial charge in [-0.2, -0.15) is 0 Å². The molecule has 0 saturated heterocycles. The third kappa shape index (κ3) is 3.55. The molecule has 0 unspecified atom stereocenters. The number of thiophene rings is 1. The fourth-order valence-corrected chi connectivity index (χ4v) is 7.14. The van der Waals surface area contributed by atoms with Crippen molar-refractivity contribution in [2.75, 3.05) is 0 Å². The summed E-state index contributed by atoms with van der Waals surface area (Å²) in [5.41, 5.74) is 5.81. The molecule has 1 aromatic heterocycles. The number of sulfonamides is 1. The van der Waals surface area contributed by atoms with Crippen LogP contribution in [0, 0.1) is 0 Å². The predicted molar refractivity (Wildman–Crippen MR) is 80.3 cm³/mol. The van der Waals surface area contributed by atoms with Gasteiger partial charge in [0.15, 0.2) is 0 Å². The summed E-state index contributed by atoms with van der Waals surface area (Å²) >= 11 is 7.92. The number of nitrogens with one attached hydrogen (secondary N) is 1. The van der Waals surface area contributed by atoms with E-state index in [-0.39, 0.29) is 12.1 Å². The maximum absolute atomic E-state index is 12.2. The molecule has 0 radical (unpaired) electrons. The first-order chi connectivity index (χ1) is 8.38. The highest BCUT2D eigenvalue weighted by molar-refractivity contribution is 9.12. The quantitative estimate of drug-likeness (QED) is 0.794. The van der Waals surface area contributed by atoms with Crippen LogP contribution in [0.25, 0.3) is 0 Å². The Hall–Kier alpha value is 0.530. The van der Waals surface area contributed by atoms with Gasteiger partial charge in [0.2, 0.25) is 10.0 Å². The van der Waals surface area contributed by atoms with Gasteiger partial charge in [0.25, 0.3) is 0 Å². The van der Waals surface area contributed by atoms with Crippen LogP contribution in [0.15, 0.2) is 18.5 Å². The molecule has 1 fully saturated rings. The molecule has 0 spiro atoms. The van der Waals surface area contributed by atoms with Gasteiger partial charge in [-0.1, -0.05) is 0 Å². The van der Waals surface area contributed by atoms with Gasteiger partial charge in [-0.15, -0.1) is 11.3 Å². The fraction of sp³-hybridized carbons (Fsp3) is 0.600. The van der Waals surface area contributed by atoms with Gasteiger partial charge in [-0.05, 0) is 63.6 Å². The zero-order chi connectivity index (χ0) is 13.3. The molecule has 1 heterocycles. The number of hydrogen-bond acceptors (Lipinski definition) is 4. The second kappa shape index (κ2) is 5.88. The first-order valence-electron chi connectivity index (χ1n) is 5.61. The highest BCUT2D eigenvalue weighted by Gasteiger charge is 2.26. The van der Waals surface area contributed by atoms with Crippen molar-refractivity contribution in [1.82, 2.24) is 4.72 Å². The van der Waals surface area contributed by atoms with E-state index < -0.39 is 10.0 Å². The molecule has 3 N–H and O–H groups in total. The van der Waals surface area contributed by atoms with E-state index in [4.69, 9.17) is 5.73 Å². The maximum Gasteiger partial charge on any atom is 0.242 e. The molecule has 18 heavy (non-hydrogen) atoms. The summed E-state index contributed by atoms with van der Waals surface area (Å²) in [6.07, 6.45) is 3.37. The summed E-state index contributed by atoms with van der Waals surface area (Å²) in [7, 11) is -3.44. The lowest BCUT2D eigenvalue weighted by atomic mass is 9.93. The Labute approximate surface area is 128 Å². The predicted octanol–water partition coefficient (Wildman–Crippen LogP) is 2.82. The van der Waals surface area contributed by atoms with E-state index >= 15 is 0 Å². The van der Waals surface area contributed by atoms with E-state index in [0.717, 1.165) is 29.5 Å². The van der Waals surface area contributed by atoms with Crippen molar-refractivity contribution < 1.29 is 8.42 Å². The van der Waals surface area contributed by atoms with E-state index in [2.05, 4.69) is 36.6 Å². The molecule has 1 aliphatic carbocycles. The van der Waals surface area contributed by atoms with Crippen molar-refractivity contribution in [1.29, 1.82) is 0 Å². The van der Waals surface area contributed by atoms with Crippen LogP contribution >= 0.6 is 43.2 Å². The summed E-state index contributed by atoms with van der Waals surface area (Å²) in [6, 6.07) is 1.83. The maximum atomic E-state index is 12.2. The van der Waals surface area contributed by atoms with Crippen LogP contribution in [-0.2, 0) is 10.0 Å². The minimum atomic E-state index is -3.44. The zero-order valence-electron chi connectivity index (χ0n) is 9.53. The molecule has 102 valence electrons. The van der Waals surface area contributed by atoms with E-state index in [9.17, 15) is 8.42 Å². The molecule has 0 atom stereocenters. The first kappa shape index (κ1) is 14.9. The Morgan fingerprint density at radius 2 is 1.89 bits per heavy atom. The Morgan fingerprint density at radius 3 is 2.39 bits per heavy atom. The van der Waals surface area contributed by atoms with Crippen LogP contribution in [-0.4, -0.2) is 20.5 Å². The van der Waals surface area contributed by atoms with E-state index in [1.807, 2.05) is 0 Å². The van der Waals surface area contributed by atoms with Crippen LogP contribution in [0.2, 0.25) is 0 Å². The van der Waals surface area contributed by atoms with Gasteiger partial charge >= 0.3 is 0 Å². The van der Waals surface area contributed by atoms with Crippen molar-refractivity contribution in [3.63, 3.8) is 0 Å². The fourth-order valence-electron chi connectivity index (χ4n) is 2.03. The third-order valence-electron chi connectivity index (χ3n) is 3.01. The Morgan fingerprint density at radius 1 is 1.28 bits per heavy atom. The molecule has 4 nitrogen and oxygen atoms in total. The van der Waals surface area contributed by atoms with Crippen molar-refractivity contribution in [2.45, 2.75) is 42.7 Å².